The van der Waals surface area contributed by atoms with Crippen LogP contribution in [0.2, 0.25) is 0 Å². The van der Waals surface area contributed by atoms with Gasteiger partial charge in [-0.05, 0) is 46.3 Å². The van der Waals surface area contributed by atoms with Gasteiger partial charge in [-0.25, -0.2) is 0 Å². The van der Waals surface area contributed by atoms with Crippen LogP contribution in [0.25, 0.3) is 0 Å². The van der Waals surface area contributed by atoms with Crippen LogP contribution in [-0.4, -0.2) is 62.5 Å². The third-order valence-corrected chi connectivity index (χ3v) is 4.88. The Labute approximate surface area is 163 Å². The molecule has 0 aromatic carbocycles. The normalized spacial score (nSPS) is 16.8. The Morgan fingerprint density at radius 3 is 2.61 bits per heavy atom. The van der Waals surface area contributed by atoms with Crippen molar-refractivity contribution in [3.63, 3.8) is 0 Å². The van der Waals surface area contributed by atoms with Crippen molar-refractivity contribution in [3.05, 3.63) is 0 Å². The number of hydrogen-bond donors (Lipinski definition) is 2. The van der Waals surface area contributed by atoms with Crippen LogP contribution in [0.1, 0.15) is 40.0 Å². The van der Waals surface area contributed by atoms with Gasteiger partial charge in [-0.2, -0.15) is 11.8 Å². The molecule has 1 heterocycles. The Bertz CT molecular complexity index is 324. The summed E-state index contributed by atoms with van der Waals surface area (Å²) in [6, 6.07) is 0. The van der Waals surface area contributed by atoms with E-state index in [2.05, 4.69) is 42.7 Å². The van der Waals surface area contributed by atoms with Crippen LogP contribution in [0.15, 0.2) is 4.99 Å². The molecule has 0 bridgehead atoms. The Hall–Kier alpha value is 0.270. The van der Waals surface area contributed by atoms with E-state index >= 15 is 0 Å². The molecule has 7 heteroatoms. The highest BCUT2D eigenvalue weighted by molar-refractivity contribution is 14.0. The zero-order chi connectivity index (χ0) is 16.3. The van der Waals surface area contributed by atoms with E-state index in [-0.39, 0.29) is 28.7 Å². The van der Waals surface area contributed by atoms with Gasteiger partial charge < -0.3 is 20.1 Å². The molecule has 2 N–H and O–H groups in total. The van der Waals surface area contributed by atoms with Gasteiger partial charge in [-0.1, -0.05) is 0 Å². The number of thioether (sulfide) groups is 1. The van der Waals surface area contributed by atoms with Gasteiger partial charge in [-0.3, -0.25) is 4.99 Å². The molecule has 0 aromatic rings. The summed E-state index contributed by atoms with van der Waals surface area (Å²) in [5.74, 6) is 0.899. The second-order valence-electron chi connectivity index (χ2n) is 6.12. The number of hydrogen-bond acceptors (Lipinski definition) is 4. The SMILES string of the molecule is CCNC(=NCC(C)(C)SC)NCCCOC1CCOCC1.I. The topological polar surface area (TPSA) is 54.9 Å². The van der Waals surface area contributed by atoms with E-state index in [9.17, 15) is 0 Å². The summed E-state index contributed by atoms with van der Waals surface area (Å²) < 4.78 is 11.4. The quantitative estimate of drug-likeness (QED) is 0.240. The number of guanidine groups is 1. The molecule has 0 amide bonds. The van der Waals surface area contributed by atoms with E-state index in [1.165, 1.54) is 0 Å². The van der Waals surface area contributed by atoms with Crippen LogP contribution >= 0.6 is 35.7 Å². The summed E-state index contributed by atoms with van der Waals surface area (Å²) in [4.78, 5) is 4.66. The fourth-order valence-corrected chi connectivity index (χ4v) is 2.24. The molecular weight excluding hydrogens is 425 g/mol. The lowest BCUT2D eigenvalue weighted by atomic mass is 10.1. The fraction of sp³-hybridized carbons (Fsp3) is 0.938. The van der Waals surface area contributed by atoms with Crippen molar-refractivity contribution < 1.29 is 9.47 Å². The lowest BCUT2D eigenvalue weighted by molar-refractivity contribution is -0.0320. The van der Waals surface area contributed by atoms with Crippen LogP contribution < -0.4 is 10.6 Å². The molecule has 0 radical (unpaired) electrons. The number of nitrogens with one attached hydrogen (secondary N) is 2. The van der Waals surface area contributed by atoms with E-state index in [0.717, 1.165) is 64.7 Å². The molecule has 0 aliphatic carbocycles. The van der Waals surface area contributed by atoms with Gasteiger partial charge in [0, 0.05) is 37.7 Å². The summed E-state index contributed by atoms with van der Waals surface area (Å²) in [7, 11) is 0. The van der Waals surface area contributed by atoms with Gasteiger partial charge in [0.1, 0.15) is 0 Å². The number of halogens is 1. The molecule has 0 unspecified atom stereocenters. The first-order chi connectivity index (χ1) is 10.6. The van der Waals surface area contributed by atoms with Gasteiger partial charge in [0.25, 0.3) is 0 Å². The minimum absolute atomic E-state index is 0. The maximum atomic E-state index is 5.87. The van der Waals surface area contributed by atoms with Crippen molar-refractivity contribution in [1.82, 2.24) is 10.6 Å². The Morgan fingerprint density at radius 2 is 2.00 bits per heavy atom. The second-order valence-corrected chi connectivity index (χ2v) is 7.64. The lowest BCUT2D eigenvalue weighted by Gasteiger charge is -2.22. The predicted molar refractivity (Wildman–Crippen MR) is 111 cm³/mol. The smallest absolute Gasteiger partial charge is 0.191 e. The summed E-state index contributed by atoms with van der Waals surface area (Å²) in [5, 5.41) is 6.67. The van der Waals surface area contributed by atoms with Crippen LogP contribution in [0.4, 0.5) is 0 Å². The monoisotopic (exact) mass is 459 g/mol. The highest BCUT2D eigenvalue weighted by Gasteiger charge is 2.15. The molecule has 1 rings (SSSR count). The first-order valence-electron chi connectivity index (χ1n) is 8.34. The van der Waals surface area contributed by atoms with Crippen molar-refractivity contribution in [2.45, 2.75) is 50.9 Å². The fourth-order valence-electron chi connectivity index (χ4n) is 2.05. The number of rotatable bonds is 9. The first kappa shape index (κ1) is 23.3. The lowest BCUT2D eigenvalue weighted by Crippen LogP contribution is -2.39. The minimum atomic E-state index is 0. The molecule has 1 fully saturated rings. The maximum absolute atomic E-state index is 5.87. The van der Waals surface area contributed by atoms with Crippen molar-refractivity contribution in [1.29, 1.82) is 0 Å². The van der Waals surface area contributed by atoms with Crippen molar-refractivity contribution in [2.24, 2.45) is 4.99 Å². The van der Waals surface area contributed by atoms with Crippen LogP contribution in [0, 0.1) is 0 Å². The van der Waals surface area contributed by atoms with Crippen molar-refractivity contribution >= 4 is 41.7 Å². The summed E-state index contributed by atoms with van der Waals surface area (Å²) in [5.41, 5.74) is 0. The zero-order valence-corrected chi connectivity index (χ0v) is 18.2. The summed E-state index contributed by atoms with van der Waals surface area (Å²) in [6.07, 6.45) is 5.57. The molecule has 5 nitrogen and oxygen atoms in total. The first-order valence-corrected chi connectivity index (χ1v) is 9.56. The van der Waals surface area contributed by atoms with Crippen LogP contribution in [-0.2, 0) is 9.47 Å². The molecule has 0 saturated carbocycles. The average Bonchev–Trinajstić information content (AvgIpc) is 2.53. The van der Waals surface area contributed by atoms with Crippen LogP contribution in [0.3, 0.4) is 0 Å². The molecule has 23 heavy (non-hydrogen) atoms. The molecule has 1 saturated heterocycles. The third kappa shape index (κ3) is 11.4. The van der Waals surface area contributed by atoms with Gasteiger partial charge in [-0.15, -0.1) is 24.0 Å². The van der Waals surface area contributed by atoms with E-state index in [4.69, 9.17) is 9.47 Å². The Morgan fingerprint density at radius 1 is 1.30 bits per heavy atom. The minimum Gasteiger partial charge on any atom is -0.381 e. The highest BCUT2D eigenvalue weighted by atomic mass is 127. The Kier molecular flexibility index (Phi) is 13.7. The van der Waals surface area contributed by atoms with E-state index < -0.39 is 0 Å². The average molecular weight is 459 g/mol. The summed E-state index contributed by atoms with van der Waals surface area (Å²) in [6.45, 7) is 11.6. The molecular formula is C16H34IN3O2S. The van der Waals surface area contributed by atoms with Gasteiger partial charge in [0.15, 0.2) is 5.96 Å². The largest absolute Gasteiger partial charge is 0.381 e. The Balaban J connectivity index is 0.00000484. The predicted octanol–water partition coefficient (Wildman–Crippen LogP) is 2.89. The van der Waals surface area contributed by atoms with E-state index in [1.807, 2.05) is 11.8 Å². The number of nitrogens with zero attached hydrogens (tertiary/aromatic N) is 1. The van der Waals surface area contributed by atoms with Crippen molar-refractivity contribution in [3.8, 4) is 0 Å². The van der Waals surface area contributed by atoms with E-state index in [0.29, 0.717) is 6.10 Å². The molecule has 138 valence electrons. The zero-order valence-electron chi connectivity index (χ0n) is 15.0. The summed E-state index contributed by atoms with van der Waals surface area (Å²) >= 11 is 1.84. The van der Waals surface area contributed by atoms with E-state index in [1.54, 1.807) is 0 Å². The molecule has 0 spiro atoms. The second kappa shape index (κ2) is 13.5. The van der Waals surface area contributed by atoms with Gasteiger partial charge in [0.2, 0.25) is 0 Å². The molecule has 1 aliphatic rings. The number of ether oxygens (including phenoxy) is 2. The highest BCUT2D eigenvalue weighted by Crippen LogP contribution is 2.20. The van der Waals surface area contributed by atoms with Crippen molar-refractivity contribution in [2.75, 3.05) is 45.7 Å². The van der Waals surface area contributed by atoms with Gasteiger partial charge >= 0.3 is 0 Å². The molecule has 0 aromatic heterocycles. The van der Waals surface area contributed by atoms with Crippen LogP contribution in [0.5, 0.6) is 0 Å². The number of aliphatic imine (C=N–C) groups is 1. The maximum Gasteiger partial charge on any atom is 0.191 e. The third-order valence-electron chi connectivity index (χ3n) is 3.65. The molecule has 0 atom stereocenters. The standard InChI is InChI=1S/C16H33N3O2S.HI/c1-5-17-15(19-13-16(2,3)22-4)18-9-6-10-21-14-7-11-20-12-8-14;/h14H,5-13H2,1-4H3,(H2,17,18,19);1H. The molecule has 1 aliphatic heterocycles. The van der Waals surface area contributed by atoms with Gasteiger partial charge in [0.05, 0.1) is 12.6 Å².